The maximum Gasteiger partial charge on any atom is 0.215 e. The molecular formula is C16H27N2O2S+. The third-order valence-corrected chi connectivity index (χ3v) is 5.57. The number of nitrogens with one attached hydrogen (secondary N) is 2. The predicted octanol–water partition coefficient (Wildman–Crippen LogP) is 0.811. The Hall–Kier alpha value is -0.910. The Bertz CT molecular complexity index is 508. The largest absolute Gasteiger partial charge is 0.335 e. The lowest BCUT2D eigenvalue weighted by Gasteiger charge is -2.27. The van der Waals surface area contributed by atoms with Crippen molar-refractivity contribution >= 4 is 10.0 Å². The molecule has 0 atom stereocenters. The van der Waals surface area contributed by atoms with Gasteiger partial charge in [0.2, 0.25) is 10.0 Å². The molecule has 4 nitrogen and oxygen atoms in total. The van der Waals surface area contributed by atoms with Crippen molar-refractivity contribution < 1.29 is 13.3 Å². The highest BCUT2D eigenvalue weighted by Gasteiger charge is 2.18. The molecule has 0 bridgehead atoms. The van der Waals surface area contributed by atoms with Crippen LogP contribution in [0, 0.1) is 5.92 Å². The van der Waals surface area contributed by atoms with Crippen LogP contribution in [0.15, 0.2) is 30.3 Å². The van der Waals surface area contributed by atoms with E-state index in [1.807, 2.05) is 30.3 Å². The van der Waals surface area contributed by atoms with Gasteiger partial charge in [-0.25, -0.2) is 13.1 Å². The standard InChI is InChI=1S/C16H26N2O2S/c1-15-8-12-18(13-9-15)11-5-10-17-21(19,20)14-16-6-3-2-4-7-16/h2-4,6-7,15,17H,5,8-14H2,1H3/p+1. The number of benzene rings is 1. The summed E-state index contributed by atoms with van der Waals surface area (Å²) in [4.78, 5) is 1.62. The van der Waals surface area contributed by atoms with Crippen molar-refractivity contribution in [3.63, 3.8) is 0 Å². The van der Waals surface area contributed by atoms with E-state index in [0.29, 0.717) is 6.54 Å². The summed E-state index contributed by atoms with van der Waals surface area (Å²) in [6, 6.07) is 9.32. The first-order chi connectivity index (χ1) is 10.1. The molecule has 0 aromatic heterocycles. The summed E-state index contributed by atoms with van der Waals surface area (Å²) in [6.45, 7) is 6.40. The first kappa shape index (κ1) is 16.5. The van der Waals surface area contributed by atoms with E-state index in [2.05, 4.69) is 11.6 Å². The van der Waals surface area contributed by atoms with Crippen molar-refractivity contribution in [1.29, 1.82) is 0 Å². The van der Waals surface area contributed by atoms with Gasteiger partial charge in [0.1, 0.15) is 0 Å². The minimum absolute atomic E-state index is 0.0714. The zero-order valence-electron chi connectivity index (χ0n) is 12.8. The molecule has 0 saturated carbocycles. The van der Waals surface area contributed by atoms with Crippen molar-refractivity contribution in [1.82, 2.24) is 4.72 Å². The zero-order chi connectivity index (χ0) is 15.1. The Morgan fingerprint density at radius 2 is 1.86 bits per heavy atom. The van der Waals surface area contributed by atoms with Crippen molar-refractivity contribution in [2.24, 2.45) is 5.92 Å². The molecule has 2 N–H and O–H groups in total. The van der Waals surface area contributed by atoms with E-state index in [9.17, 15) is 8.42 Å². The second kappa shape index (κ2) is 7.92. The third kappa shape index (κ3) is 6.16. The van der Waals surface area contributed by atoms with Crippen molar-refractivity contribution in [3.05, 3.63) is 35.9 Å². The first-order valence-corrected chi connectivity index (χ1v) is 9.55. The molecule has 21 heavy (non-hydrogen) atoms. The van der Waals surface area contributed by atoms with Gasteiger partial charge in [0.15, 0.2) is 0 Å². The molecule has 2 rings (SSSR count). The molecule has 5 heteroatoms. The second-order valence-corrected chi connectivity index (χ2v) is 7.98. The molecule has 1 aromatic rings. The topological polar surface area (TPSA) is 50.6 Å². The Morgan fingerprint density at radius 3 is 2.52 bits per heavy atom. The number of sulfonamides is 1. The molecule has 1 fully saturated rings. The number of likely N-dealkylation sites (tertiary alicyclic amines) is 1. The maximum atomic E-state index is 12.0. The van der Waals surface area contributed by atoms with Gasteiger partial charge in [-0.15, -0.1) is 0 Å². The van der Waals surface area contributed by atoms with Gasteiger partial charge in [-0.05, 0) is 24.3 Å². The molecule has 0 amide bonds. The Labute approximate surface area is 128 Å². The van der Waals surface area contributed by atoms with E-state index < -0.39 is 10.0 Å². The van der Waals surface area contributed by atoms with Crippen LogP contribution < -0.4 is 9.62 Å². The van der Waals surface area contributed by atoms with Crippen LogP contribution in [0.4, 0.5) is 0 Å². The van der Waals surface area contributed by atoms with Crippen LogP contribution in [-0.4, -0.2) is 34.6 Å². The van der Waals surface area contributed by atoms with E-state index in [1.165, 1.54) is 25.9 Å². The molecule has 1 aliphatic rings. The highest BCUT2D eigenvalue weighted by atomic mass is 32.2. The minimum Gasteiger partial charge on any atom is -0.335 e. The fourth-order valence-electron chi connectivity index (χ4n) is 2.83. The fourth-order valence-corrected chi connectivity index (χ4v) is 4.02. The van der Waals surface area contributed by atoms with Gasteiger partial charge in [0, 0.05) is 13.0 Å². The summed E-state index contributed by atoms with van der Waals surface area (Å²) in [5.74, 6) is 0.931. The van der Waals surface area contributed by atoms with Crippen LogP contribution in [0.3, 0.4) is 0 Å². The van der Waals surface area contributed by atoms with Crippen molar-refractivity contribution in [2.45, 2.75) is 31.9 Å². The summed E-state index contributed by atoms with van der Waals surface area (Å²) in [6.07, 6.45) is 3.52. The SMILES string of the molecule is CC1CC[NH+](CCCNS(=O)(=O)Cc2ccccc2)CC1. The smallest absolute Gasteiger partial charge is 0.215 e. The highest BCUT2D eigenvalue weighted by Crippen LogP contribution is 2.06. The Balaban J connectivity index is 1.65. The lowest BCUT2D eigenvalue weighted by molar-refractivity contribution is -0.906. The normalized spacial score (nSPS) is 23.1. The molecular weight excluding hydrogens is 284 g/mol. The highest BCUT2D eigenvalue weighted by molar-refractivity contribution is 7.88. The summed E-state index contributed by atoms with van der Waals surface area (Å²) >= 11 is 0. The maximum absolute atomic E-state index is 12.0. The average molecular weight is 311 g/mol. The lowest BCUT2D eigenvalue weighted by Crippen LogP contribution is -3.13. The van der Waals surface area contributed by atoms with Gasteiger partial charge in [-0.2, -0.15) is 0 Å². The van der Waals surface area contributed by atoms with E-state index in [4.69, 9.17) is 0 Å². The molecule has 118 valence electrons. The molecule has 1 heterocycles. The van der Waals surface area contributed by atoms with Gasteiger partial charge in [0.25, 0.3) is 0 Å². The number of hydrogen-bond acceptors (Lipinski definition) is 2. The number of rotatable bonds is 7. The van der Waals surface area contributed by atoms with Crippen LogP contribution in [0.2, 0.25) is 0 Å². The van der Waals surface area contributed by atoms with Gasteiger partial charge in [-0.1, -0.05) is 37.3 Å². The summed E-state index contributed by atoms with van der Waals surface area (Å²) in [7, 11) is -3.21. The number of hydrogen-bond donors (Lipinski definition) is 2. The molecule has 1 saturated heterocycles. The monoisotopic (exact) mass is 311 g/mol. The van der Waals surface area contributed by atoms with E-state index >= 15 is 0 Å². The number of quaternary nitrogens is 1. The summed E-state index contributed by atoms with van der Waals surface area (Å²) in [5, 5.41) is 0. The van der Waals surface area contributed by atoms with Gasteiger partial charge in [0.05, 0.1) is 25.4 Å². The quantitative estimate of drug-likeness (QED) is 0.732. The summed E-state index contributed by atoms with van der Waals surface area (Å²) < 4.78 is 26.7. The second-order valence-electron chi connectivity index (χ2n) is 6.18. The van der Waals surface area contributed by atoms with Crippen LogP contribution in [0.1, 0.15) is 31.7 Å². The fraction of sp³-hybridized carbons (Fsp3) is 0.625. The van der Waals surface area contributed by atoms with Crippen LogP contribution in [0.5, 0.6) is 0 Å². The Kier molecular flexibility index (Phi) is 6.21. The van der Waals surface area contributed by atoms with Gasteiger partial charge in [-0.3, -0.25) is 0 Å². The van der Waals surface area contributed by atoms with Crippen LogP contribution in [-0.2, 0) is 15.8 Å². The molecule has 0 radical (unpaired) electrons. The zero-order valence-corrected chi connectivity index (χ0v) is 13.7. The van der Waals surface area contributed by atoms with Crippen LogP contribution in [0.25, 0.3) is 0 Å². The van der Waals surface area contributed by atoms with Gasteiger partial charge >= 0.3 is 0 Å². The summed E-state index contributed by atoms with van der Waals surface area (Å²) in [5.41, 5.74) is 0.834. The molecule has 1 aromatic carbocycles. The number of piperidine rings is 1. The van der Waals surface area contributed by atoms with Gasteiger partial charge < -0.3 is 4.90 Å². The third-order valence-electron chi connectivity index (χ3n) is 4.21. The van der Waals surface area contributed by atoms with Crippen molar-refractivity contribution in [3.8, 4) is 0 Å². The Morgan fingerprint density at radius 1 is 1.19 bits per heavy atom. The molecule has 0 spiro atoms. The van der Waals surface area contributed by atoms with E-state index in [1.54, 1.807) is 4.90 Å². The molecule has 1 aliphatic heterocycles. The van der Waals surface area contributed by atoms with Crippen molar-refractivity contribution in [2.75, 3.05) is 26.2 Å². The van der Waals surface area contributed by atoms with E-state index in [-0.39, 0.29) is 5.75 Å². The van der Waals surface area contributed by atoms with E-state index in [0.717, 1.165) is 24.4 Å². The average Bonchev–Trinajstić information content (AvgIpc) is 2.46. The predicted molar refractivity (Wildman–Crippen MR) is 85.6 cm³/mol. The molecule has 0 aliphatic carbocycles. The first-order valence-electron chi connectivity index (χ1n) is 7.90. The minimum atomic E-state index is -3.21. The molecule has 0 unspecified atom stereocenters. The lowest BCUT2D eigenvalue weighted by atomic mass is 9.99. The van der Waals surface area contributed by atoms with Crippen LogP contribution >= 0.6 is 0 Å².